The standard InChI is InChI=1S/C24H30F3N3O4S/c1-17-10-12-19(13-11-17)16-29(18(2)23(32)28-3)22(31)9-6-14-30(35(4,33)34)21-8-5-7-20(15-21)24(25,26)27/h5,7-8,10-13,15,18H,6,9,14,16H2,1-4H3,(H,28,32). The minimum atomic E-state index is -4.62. The molecule has 2 aromatic carbocycles. The van der Waals surface area contributed by atoms with E-state index in [1.165, 1.54) is 18.0 Å². The van der Waals surface area contributed by atoms with Crippen molar-refractivity contribution in [3.05, 3.63) is 65.2 Å². The van der Waals surface area contributed by atoms with Gasteiger partial charge in [0.15, 0.2) is 0 Å². The summed E-state index contributed by atoms with van der Waals surface area (Å²) in [6.07, 6.45) is -3.78. The molecule has 0 radical (unpaired) electrons. The fourth-order valence-corrected chi connectivity index (χ4v) is 4.48. The predicted octanol–water partition coefficient (Wildman–Crippen LogP) is 3.72. The number of amides is 2. The van der Waals surface area contributed by atoms with Gasteiger partial charge < -0.3 is 10.2 Å². The van der Waals surface area contributed by atoms with Crippen LogP contribution in [0.15, 0.2) is 48.5 Å². The van der Waals surface area contributed by atoms with Crippen molar-refractivity contribution < 1.29 is 31.2 Å². The van der Waals surface area contributed by atoms with E-state index in [1.54, 1.807) is 6.92 Å². The Balaban J connectivity index is 2.18. The van der Waals surface area contributed by atoms with E-state index in [0.29, 0.717) is 0 Å². The third kappa shape index (κ3) is 7.98. The van der Waals surface area contributed by atoms with Gasteiger partial charge in [-0.1, -0.05) is 35.9 Å². The van der Waals surface area contributed by atoms with Crippen LogP contribution in [0.25, 0.3) is 0 Å². The van der Waals surface area contributed by atoms with Crippen LogP contribution < -0.4 is 9.62 Å². The predicted molar refractivity (Wildman–Crippen MR) is 128 cm³/mol. The Morgan fingerprint density at radius 2 is 1.71 bits per heavy atom. The molecule has 0 fully saturated rings. The summed E-state index contributed by atoms with van der Waals surface area (Å²) in [6, 6.07) is 10.7. The number of hydrogen-bond donors (Lipinski definition) is 1. The van der Waals surface area contributed by atoms with Crippen LogP contribution in [0.5, 0.6) is 0 Å². The van der Waals surface area contributed by atoms with Gasteiger partial charge in [-0.05, 0) is 44.0 Å². The normalized spacial score (nSPS) is 12.7. The van der Waals surface area contributed by atoms with E-state index in [2.05, 4.69) is 5.32 Å². The smallest absolute Gasteiger partial charge is 0.357 e. The van der Waals surface area contributed by atoms with E-state index in [1.807, 2.05) is 31.2 Å². The molecule has 0 aliphatic rings. The van der Waals surface area contributed by atoms with Crippen molar-refractivity contribution >= 4 is 27.5 Å². The first kappa shape index (κ1) is 28.2. The molecule has 0 spiro atoms. The molecule has 1 unspecified atom stereocenters. The first-order valence-electron chi connectivity index (χ1n) is 11.0. The summed E-state index contributed by atoms with van der Waals surface area (Å²) < 4.78 is 64.7. The van der Waals surface area contributed by atoms with Crippen molar-refractivity contribution in [3.8, 4) is 0 Å². The Bertz CT molecular complexity index is 1140. The highest BCUT2D eigenvalue weighted by Gasteiger charge is 2.32. The van der Waals surface area contributed by atoms with Gasteiger partial charge in [-0.3, -0.25) is 13.9 Å². The van der Waals surface area contributed by atoms with E-state index in [0.717, 1.165) is 39.9 Å². The summed E-state index contributed by atoms with van der Waals surface area (Å²) in [6.45, 7) is 3.50. The third-order valence-corrected chi connectivity index (χ3v) is 6.69. The van der Waals surface area contributed by atoms with E-state index in [9.17, 15) is 31.2 Å². The number of rotatable bonds is 10. The molecule has 1 N–H and O–H groups in total. The number of carbonyl (C=O) groups excluding carboxylic acids is 2. The highest BCUT2D eigenvalue weighted by Crippen LogP contribution is 2.32. The van der Waals surface area contributed by atoms with Gasteiger partial charge in [-0.25, -0.2) is 8.42 Å². The van der Waals surface area contributed by atoms with Gasteiger partial charge in [0.1, 0.15) is 6.04 Å². The molecule has 11 heteroatoms. The van der Waals surface area contributed by atoms with Crippen LogP contribution in [-0.4, -0.2) is 51.0 Å². The molecule has 0 aliphatic heterocycles. The number of likely N-dealkylation sites (N-methyl/N-ethyl adjacent to an activating group) is 1. The molecule has 0 saturated heterocycles. The maximum atomic E-state index is 13.1. The maximum Gasteiger partial charge on any atom is 0.416 e. The zero-order valence-electron chi connectivity index (χ0n) is 20.1. The molecule has 2 rings (SSSR count). The van der Waals surface area contributed by atoms with Gasteiger partial charge in [0.2, 0.25) is 21.8 Å². The second kappa shape index (κ2) is 11.6. The lowest BCUT2D eigenvalue weighted by molar-refractivity contribution is -0.140. The Hall–Kier alpha value is -3.08. The van der Waals surface area contributed by atoms with Crippen LogP contribution in [0.1, 0.15) is 36.5 Å². The van der Waals surface area contributed by atoms with E-state index < -0.39 is 27.8 Å². The summed E-state index contributed by atoms with van der Waals surface area (Å²) in [5.41, 5.74) is 0.760. The van der Waals surface area contributed by atoms with Crippen LogP contribution in [-0.2, 0) is 32.3 Å². The molecule has 0 heterocycles. The molecule has 0 aromatic heterocycles. The Labute approximate surface area is 204 Å². The summed E-state index contributed by atoms with van der Waals surface area (Å²) in [7, 11) is -2.44. The number of anilines is 1. The van der Waals surface area contributed by atoms with Crippen molar-refractivity contribution in [2.24, 2.45) is 0 Å². The molecule has 192 valence electrons. The summed E-state index contributed by atoms with van der Waals surface area (Å²) >= 11 is 0. The first-order valence-corrected chi connectivity index (χ1v) is 12.8. The number of nitrogens with zero attached hydrogens (tertiary/aromatic N) is 2. The lowest BCUT2D eigenvalue weighted by Crippen LogP contribution is -2.46. The van der Waals surface area contributed by atoms with Gasteiger partial charge in [-0.2, -0.15) is 13.2 Å². The van der Waals surface area contributed by atoms with E-state index >= 15 is 0 Å². The second-order valence-electron chi connectivity index (χ2n) is 8.28. The van der Waals surface area contributed by atoms with Gasteiger partial charge >= 0.3 is 6.18 Å². The SMILES string of the molecule is CNC(=O)C(C)N(Cc1ccc(C)cc1)C(=O)CCCN(c1cccc(C(F)(F)F)c1)S(C)(=O)=O. The van der Waals surface area contributed by atoms with Crippen LogP contribution in [0.2, 0.25) is 0 Å². The molecular weight excluding hydrogens is 483 g/mol. The minimum absolute atomic E-state index is 0.0486. The lowest BCUT2D eigenvalue weighted by atomic mass is 10.1. The molecule has 7 nitrogen and oxygen atoms in total. The highest BCUT2D eigenvalue weighted by atomic mass is 32.2. The zero-order valence-corrected chi connectivity index (χ0v) is 20.9. The second-order valence-corrected chi connectivity index (χ2v) is 10.2. The largest absolute Gasteiger partial charge is 0.416 e. The quantitative estimate of drug-likeness (QED) is 0.525. The van der Waals surface area contributed by atoms with Crippen molar-refractivity contribution in [1.29, 1.82) is 0 Å². The van der Waals surface area contributed by atoms with Crippen LogP contribution in [0.3, 0.4) is 0 Å². The molecule has 2 amide bonds. The van der Waals surface area contributed by atoms with Crippen molar-refractivity contribution in [1.82, 2.24) is 10.2 Å². The van der Waals surface area contributed by atoms with Crippen molar-refractivity contribution in [3.63, 3.8) is 0 Å². The van der Waals surface area contributed by atoms with Crippen LogP contribution in [0.4, 0.5) is 18.9 Å². The summed E-state index contributed by atoms with van der Waals surface area (Å²) in [5.74, 6) is -0.730. The number of carbonyl (C=O) groups is 2. The van der Waals surface area contributed by atoms with Gasteiger partial charge in [0, 0.05) is 26.6 Å². The van der Waals surface area contributed by atoms with Crippen molar-refractivity contribution in [2.45, 2.75) is 45.5 Å². The molecule has 0 saturated carbocycles. The van der Waals surface area contributed by atoms with Crippen LogP contribution in [0, 0.1) is 6.92 Å². The number of alkyl halides is 3. The zero-order chi connectivity index (χ0) is 26.4. The van der Waals surface area contributed by atoms with E-state index in [4.69, 9.17) is 0 Å². The van der Waals surface area contributed by atoms with Gasteiger partial charge in [0.25, 0.3) is 0 Å². The molecule has 0 aliphatic carbocycles. The molecule has 1 atom stereocenters. The maximum absolute atomic E-state index is 13.1. The number of hydrogen-bond acceptors (Lipinski definition) is 4. The highest BCUT2D eigenvalue weighted by molar-refractivity contribution is 7.92. The summed E-state index contributed by atoms with van der Waals surface area (Å²) in [4.78, 5) is 26.7. The fourth-order valence-electron chi connectivity index (χ4n) is 3.52. The molecular formula is C24H30F3N3O4S. The molecule has 2 aromatic rings. The lowest BCUT2D eigenvalue weighted by Gasteiger charge is -2.29. The number of halogens is 3. The Morgan fingerprint density at radius 3 is 2.26 bits per heavy atom. The number of benzene rings is 2. The van der Waals surface area contributed by atoms with Gasteiger partial charge in [-0.15, -0.1) is 0 Å². The van der Waals surface area contributed by atoms with E-state index in [-0.39, 0.29) is 43.4 Å². The average Bonchev–Trinajstić information content (AvgIpc) is 2.79. The topological polar surface area (TPSA) is 86.8 Å². The number of sulfonamides is 1. The first-order chi connectivity index (χ1) is 16.2. The Morgan fingerprint density at radius 1 is 1.09 bits per heavy atom. The fraction of sp³-hybridized carbons (Fsp3) is 0.417. The molecule has 0 bridgehead atoms. The van der Waals surface area contributed by atoms with Crippen LogP contribution >= 0.6 is 0 Å². The Kier molecular flexibility index (Phi) is 9.31. The number of aryl methyl sites for hydroxylation is 1. The molecule has 35 heavy (non-hydrogen) atoms. The minimum Gasteiger partial charge on any atom is -0.357 e. The summed E-state index contributed by atoms with van der Waals surface area (Å²) in [5, 5.41) is 2.52. The van der Waals surface area contributed by atoms with Crippen molar-refractivity contribution in [2.75, 3.05) is 24.2 Å². The number of nitrogens with one attached hydrogen (secondary N) is 1. The monoisotopic (exact) mass is 513 g/mol. The third-order valence-electron chi connectivity index (χ3n) is 5.50. The van der Waals surface area contributed by atoms with Gasteiger partial charge in [0.05, 0.1) is 17.5 Å². The average molecular weight is 514 g/mol.